The van der Waals surface area contributed by atoms with Gasteiger partial charge in [-0.3, -0.25) is 19.6 Å². The maximum atomic E-state index is 11.9. The van der Waals surface area contributed by atoms with Crippen LogP contribution in [0.5, 0.6) is 0 Å². The summed E-state index contributed by atoms with van der Waals surface area (Å²) in [5.41, 5.74) is 0.342. The van der Waals surface area contributed by atoms with Gasteiger partial charge >= 0.3 is 6.03 Å². The van der Waals surface area contributed by atoms with E-state index in [-0.39, 0.29) is 18.0 Å². The van der Waals surface area contributed by atoms with Crippen molar-refractivity contribution in [1.82, 2.24) is 20.4 Å². The number of aromatic nitrogens is 2. The van der Waals surface area contributed by atoms with Crippen molar-refractivity contribution in [2.24, 2.45) is 0 Å². The van der Waals surface area contributed by atoms with Crippen molar-refractivity contribution in [2.75, 3.05) is 0 Å². The van der Waals surface area contributed by atoms with E-state index in [2.05, 4.69) is 15.7 Å². The Labute approximate surface area is 127 Å². The first kappa shape index (κ1) is 15.7. The monoisotopic (exact) mass is 302 g/mol. The average molecular weight is 302 g/mol. The second kappa shape index (κ2) is 6.84. The highest BCUT2D eigenvalue weighted by molar-refractivity contribution is 5.94. The number of imide groups is 1. The highest BCUT2D eigenvalue weighted by Crippen LogP contribution is 2.07. The fraction of sp³-hybridized carbons (Fsp3) is 0.333. The Kier molecular flexibility index (Phi) is 4.88. The molecule has 2 rings (SSSR count). The van der Waals surface area contributed by atoms with E-state index in [4.69, 9.17) is 0 Å². The molecule has 0 bridgehead atoms. The summed E-state index contributed by atoms with van der Waals surface area (Å²) in [6.45, 7) is 3.64. The molecule has 7 heteroatoms. The molecule has 1 aromatic carbocycles. The third-order valence-corrected chi connectivity index (χ3v) is 3.30. The number of rotatable bonds is 4. The first-order valence-corrected chi connectivity index (χ1v) is 7.06. The van der Waals surface area contributed by atoms with Gasteiger partial charge in [0, 0.05) is 11.4 Å². The predicted octanol–water partition coefficient (Wildman–Crippen LogP) is 1.02. The largest absolute Gasteiger partial charge is 0.335 e. The molecule has 0 aliphatic rings. The van der Waals surface area contributed by atoms with E-state index in [9.17, 15) is 14.4 Å². The lowest BCUT2D eigenvalue weighted by atomic mass is 10.2. The SMILES string of the molecule is CC[C@@H](C)NC(=O)NC(=O)Cn1ncc(=O)c2ccccc21. The Morgan fingerprint density at radius 1 is 1.32 bits per heavy atom. The zero-order valence-electron chi connectivity index (χ0n) is 12.5. The average Bonchev–Trinajstić information content (AvgIpc) is 2.50. The number of nitrogens with one attached hydrogen (secondary N) is 2. The number of amides is 3. The number of para-hydroxylation sites is 1. The van der Waals surface area contributed by atoms with Gasteiger partial charge in [0.1, 0.15) is 6.54 Å². The van der Waals surface area contributed by atoms with Crippen molar-refractivity contribution in [2.45, 2.75) is 32.9 Å². The van der Waals surface area contributed by atoms with Crippen LogP contribution in [-0.4, -0.2) is 27.8 Å². The second-order valence-electron chi connectivity index (χ2n) is 5.01. The zero-order chi connectivity index (χ0) is 16.1. The number of fused-ring (bicyclic) bond motifs is 1. The van der Waals surface area contributed by atoms with Gasteiger partial charge in [0.15, 0.2) is 0 Å². The minimum Gasteiger partial charge on any atom is -0.335 e. The molecule has 22 heavy (non-hydrogen) atoms. The van der Waals surface area contributed by atoms with Gasteiger partial charge < -0.3 is 5.32 Å². The van der Waals surface area contributed by atoms with Crippen LogP contribution in [-0.2, 0) is 11.3 Å². The minimum atomic E-state index is -0.537. The van der Waals surface area contributed by atoms with E-state index in [1.165, 1.54) is 4.68 Å². The molecule has 0 unspecified atom stereocenters. The Morgan fingerprint density at radius 3 is 2.77 bits per heavy atom. The van der Waals surface area contributed by atoms with Crippen molar-refractivity contribution in [3.8, 4) is 0 Å². The summed E-state index contributed by atoms with van der Waals surface area (Å²) >= 11 is 0. The molecule has 2 aromatic rings. The molecular weight excluding hydrogens is 284 g/mol. The normalized spacial score (nSPS) is 11.9. The Hall–Kier alpha value is -2.70. The summed E-state index contributed by atoms with van der Waals surface area (Å²) in [4.78, 5) is 35.2. The van der Waals surface area contributed by atoms with Crippen molar-refractivity contribution >= 4 is 22.8 Å². The quantitative estimate of drug-likeness (QED) is 0.882. The smallest absolute Gasteiger partial charge is 0.321 e. The third kappa shape index (κ3) is 3.69. The van der Waals surface area contributed by atoms with Crippen LogP contribution in [0, 0.1) is 0 Å². The molecular formula is C15H18N4O3. The van der Waals surface area contributed by atoms with Crippen LogP contribution in [0.15, 0.2) is 35.3 Å². The first-order valence-electron chi connectivity index (χ1n) is 7.06. The number of urea groups is 1. The summed E-state index contributed by atoms with van der Waals surface area (Å²) in [5.74, 6) is -0.498. The third-order valence-electron chi connectivity index (χ3n) is 3.30. The molecule has 3 amide bonds. The van der Waals surface area contributed by atoms with E-state index in [1.807, 2.05) is 13.8 Å². The van der Waals surface area contributed by atoms with Crippen LogP contribution in [0.4, 0.5) is 4.79 Å². The summed E-state index contributed by atoms with van der Waals surface area (Å²) in [5, 5.41) is 9.31. The number of hydrogen-bond acceptors (Lipinski definition) is 4. The van der Waals surface area contributed by atoms with E-state index in [0.29, 0.717) is 10.9 Å². The highest BCUT2D eigenvalue weighted by Gasteiger charge is 2.12. The van der Waals surface area contributed by atoms with E-state index >= 15 is 0 Å². The molecule has 0 aliphatic carbocycles. The Morgan fingerprint density at radius 2 is 2.05 bits per heavy atom. The number of carbonyl (C=O) groups is 2. The fourth-order valence-corrected chi connectivity index (χ4v) is 1.95. The van der Waals surface area contributed by atoms with Crippen LogP contribution in [0.1, 0.15) is 20.3 Å². The topological polar surface area (TPSA) is 93.1 Å². The van der Waals surface area contributed by atoms with Gasteiger partial charge in [0.25, 0.3) is 0 Å². The van der Waals surface area contributed by atoms with Crippen LogP contribution in [0.2, 0.25) is 0 Å². The van der Waals surface area contributed by atoms with E-state index in [1.54, 1.807) is 24.3 Å². The molecule has 0 radical (unpaired) electrons. The van der Waals surface area contributed by atoms with Crippen molar-refractivity contribution in [3.05, 3.63) is 40.7 Å². The fourth-order valence-electron chi connectivity index (χ4n) is 1.95. The minimum absolute atomic E-state index is 0.0147. The van der Waals surface area contributed by atoms with E-state index < -0.39 is 11.9 Å². The van der Waals surface area contributed by atoms with Crippen molar-refractivity contribution < 1.29 is 9.59 Å². The summed E-state index contributed by atoms with van der Waals surface area (Å²) in [7, 11) is 0. The van der Waals surface area contributed by atoms with Gasteiger partial charge in [-0.15, -0.1) is 0 Å². The molecule has 7 nitrogen and oxygen atoms in total. The summed E-state index contributed by atoms with van der Waals surface area (Å²) in [6.07, 6.45) is 1.93. The lowest BCUT2D eigenvalue weighted by Crippen LogP contribution is -2.44. The van der Waals surface area contributed by atoms with Crippen LogP contribution in [0.3, 0.4) is 0 Å². The molecule has 0 saturated carbocycles. The summed E-state index contributed by atoms with van der Waals surface area (Å²) < 4.78 is 1.39. The molecule has 0 aliphatic heterocycles. The zero-order valence-corrected chi connectivity index (χ0v) is 12.5. The lowest BCUT2D eigenvalue weighted by molar-refractivity contribution is -0.120. The van der Waals surface area contributed by atoms with Crippen LogP contribution in [0.25, 0.3) is 10.9 Å². The van der Waals surface area contributed by atoms with Gasteiger partial charge in [0.05, 0.1) is 11.7 Å². The highest BCUT2D eigenvalue weighted by atomic mass is 16.2. The molecule has 1 aromatic heterocycles. The van der Waals surface area contributed by atoms with Crippen LogP contribution >= 0.6 is 0 Å². The predicted molar refractivity (Wildman–Crippen MR) is 82.4 cm³/mol. The standard InChI is InChI=1S/C15H18N4O3/c1-3-10(2)17-15(22)18-14(21)9-19-12-7-5-4-6-11(12)13(20)8-16-19/h4-8,10H,3,9H2,1-2H3,(H2,17,18,21,22)/t10-/m1/s1. The maximum absolute atomic E-state index is 11.9. The van der Waals surface area contributed by atoms with Crippen molar-refractivity contribution in [3.63, 3.8) is 0 Å². The number of benzene rings is 1. The molecule has 1 atom stereocenters. The lowest BCUT2D eigenvalue weighted by Gasteiger charge is -2.12. The first-order chi connectivity index (χ1) is 10.5. The van der Waals surface area contributed by atoms with Crippen LogP contribution < -0.4 is 16.1 Å². The number of hydrogen-bond donors (Lipinski definition) is 2. The Bertz CT molecular complexity index is 754. The van der Waals surface area contributed by atoms with Gasteiger partial charge in [-0.1, -0.05) is 19.1 Å². The maximum Gasteiger partial charge on any atom is 0.321 e. The molecule has 116 valence electrons. The van der Waals surface area contributed by atoms with Gasteiger partial charge in [-0.2, -0.15) is 5.10 Å². The molecule has 0 fully saturated rings. The molecule has 2 N–H and O–H groups in total. The van der Waals surface area contributed by atoms with Gasteiger partial charge in [0.2, 0.25) is 11.3 Å². The second-order valence-corrected chi connectivity index (χ2v) is 5.01. The number of nitrogens with zero attached hydrogens (tertiary/aromatic N) is 2. The van der Waals surface area contributed by atoms with Gasteiger partial charge in [-0.05, 0) is 25.5 Å². The molecule has 1 heterocycles. The number of carbonyl (C=O) groups excluding carboxylic acids is 2. The van der Waals surface area contributed by atoms with E-state index in [0.717, 1.165) is 12.6 Å². The van der Waals surface area contributed by atoms with Crippen molar-refractivity contribution in [1.29, 1.82) is 0 Å². The molecule has 0 spiro atoms. The Balaban J connectivity index is 2.11. The summed E-state index contributed by atoms with van der Waals surface area (Å²) in [6, 6.07) is 6.32. The van der Waals surface area contributed by atoms with Gasteiger partial charge in [-0.25, -0.2) is 4.79 Å². The molecule has 0 saturated heterocycles.